The molecule has 0 aliphatic carbocycles. The predicted octanol–water partition coefficient (Wildman–Crippen LogP) is 5.69. The first-order valence-corrected chi connectivity index (χ1v) is 10.4. The number of urea groups is 1. The Bertz CT molecular complexity index is 1240. The van der Waals surface area contributed by atoms with E-state index in [9.17, 15) is 4.79 Å². The van der Waals surface area contributed by atoms with Gasteiger partial charge < -0.3 is 10.6 Å². The van der Waals surface area contributed by atoms with Gasteiger partial charge in [0.25, 0.3) is 0 Å². The molecule has 7 heteroatoms. The van der Waals surface area contributed by atoms with Crippen LogP contribution in [0.25, 0.3) is 16.5 Å². The van der Waals surface area contributed by atoms with Crippen molar-refractivity contribution < 1.29 is 4.79 Å². The molecule has 4 rings (SSSR count). The lowest BCUT2D eigenvalue weighted by molar-refractivity contribution is 0.251. The Balaban J connectivity index is 1.56. The lowest BCUT2D eigenvalue weighted by atomic mass is 9.92. The van der Waals surface area contributed by atoms with Gasteiger partial charge in [-0.15, -0.1) is 0 Å². The second-order valence-corrected chi connectivity index (χ2v) is 8.81. The van der Waals surface area contributed by atoms with Crippen molar-refractivity contribution in [2.75, 3.05) is 5.32 Å². The van der Waals surface area contributed by atoms with E-state index in [0.29, 0.717) is 17.3 Å². The van der Waals surface area contributed by atoms with Gasteiger partial charge in [0.15, 0.2) is 0 Å². The second-order valence-electron chi connectivity index (χ2n) is 8.37. The average molecular weight is 434 g/mol. The summed E-state index contributed by atoms with van der Waals surface area (Å²) in [5.41, 5.74) is 3.23. The Morgan fingerprint density at radius 3 is 2.68 bits per heavy atom. The van der Waals surface area contributed by atoms with E-state index in [1.54, 1.807) is 12.4 Å². The number of nitrogens with one attached hydrogen (secondary N) is 2. The fourth-order valence-corrected chi connectivity index (χ4v) is 3.49. The van der Waals surface area contributed by atoms with Crippen molar-refractivity contribution in [2.24, 2.45) is 0 Å². The summed E-state index contributed by atoms with van der Waals surface area (Å²) in [6, 6.07) is 16.9. The smallest absolute Gasteiger partial charge is 0.319 e. The third kappa shape index (κ3) is 4.70. The maximum atomic E-state index is 12.6. The molecule has 31 heavy (non-hydrogen) atoms. The molecular weight excluding hydrogens is 410 g/mol. The lowest BCUT2D eigenvalue weighted by Crippen LogP contribution is -2.29. The number of hydrogen-bond donors (Lipinski definition) is 2. The van der Waals surface area contributed by atoms with Crippen LogP contribution in [0.15, 0.2) is 67.0 Å². The van der Waals surface area contributed by atoms with Crippen molar-refractivity contribution in [3.63, 3.8) is 0 Å². The molecule has 0 fully saturated rings. The molecule has 0 saturated heterocycles. The third-order valence-corrected chi connectivity index (χ3v) is 5.20. The Morgan fingerprint density at radius 1 is 1.10 bits per heavy atom. The summed E-state index contributed by atoms with van der Waals surface area (Å²) in [6.45, 7) is 6.63. The zero-order valence-electron chi connectivity index (χ0n) is 17.7. The zero-order valence-corrected chi connectivity index (χ0v) is 18.4. The van der Waals surface area contributed by atoms with Gasteiger partial charge in [0.1, 0.15) is 0 Å². The van der Waals surface area contributed by atoms with E-state index in [4.69, 9.17) is 16.7 Å². The van der Waals surface area contributed by atoms with Gasteiger partial charge in [0, 0.05) is 28.2 Å². The van der Waals surface area contributed by atoms with Gasteiger partial charge in [-0.25, -0.2) is 9.48 Å². The van der Waals surface area contributed by atoms with E-state index < -0.39 is 0 Å². The van der Waals surface area contributed by atoms with Crippen LogP contribution in [0.4, 0.5) is 10.5 Å². The summed E-state index contributed by atoms with van der Waals surface area (Å²) in [6.07, 6.45) is 3.48. The lowest BCUT2D eigenvalue weighted by Gasteiger charge is -2.14. The quantitative estimate of drug-likeness (QED) is 0.434. The van der Waals surface area contributed by atoms with Gasteiger partial charge in [-0.3, -0.25) is 4.98 Å². The number of amides is 2. The van der Waals surface area contributed by atoms with Crippen molar-refractivity contribution in [1.29, 1.82) is 0 Å². The summed E-state index contributed by atoms with van der Waals surface area (Å²) in [4.78, 5) is 16.8. The number of carbonyl (C=O) groups is 1. The normalized spacial score (nSPS) is 11.5. The van der Waals surface area contributed by atoms with Crippen molar-refractivity contribution in [2.45, 2.75) is 32.7 Å². The van der Waals surface area contributed by atoms with E-state index in [-0.39, 0.29) is 11.4 Å². The second kappa shape index (κ2) is 8.40. The van der Waals surface area contributed by atoms with Crippen LogP contribution in [-0.2, 0) is 12.0 Å². The molecule has 158 valence electrons. The number of rotatable bonds is 4. The molecule has 2 N–H and O–H groups in total. The third-order valence-electron chi connectivity index (χ3n) is 4.97. The van der Waals surface area contributed by atoms with Crippen molar-refractivity contribution >= 4 is 34.1 Å². The van der Waals surface area contributed by atoms with Crippen LogP contribution in [0.2, 0.25) is 5.02 Å². The molecule has 2 amide bonds. The fourth-order valence-electron chi connectivity index (χ4n) is 3.30. The number of anilines is 1. The first-order valence-electron chi connectivity index (χ1n) is 10.0. The standard InChI is InChI=1S/C24H24ClN5O/c1-24(2,3)22-13-19(30(29-22)18-8-5-7-17(25)12-18)14-27-23(31)28-21-9-4-6-16-10-11-26-15-20(16)21/h4-13,15H,14H2,1-3H3,(H2,27,28,31). The van der Waals surface area contributed by atoms with E-state index in [1.165, 1.54) is 0 Å². The highest BCUT2D eigenvalue weighted by molar-refractivity contribution is 6.30. The van der Waals surface area contributed by atoms with Crippen LogP contribution in [0, 0.1) is 0 Å². The first kappa shape index (κ1) is 20.9. The zero-order chi connectivity index (χ0) is 22.0. The summed E-state index contributed by atoms with van der Waals surface area (Å²) in [5, 5.41) is 13.2. The molecule has 0 bridgehead atoms. The molecular formula is C24H24ClN5O. The SMILES string of the molecule is CC(C)(C)c1cc(CNC(=O)Nc2cccc3ccncc23)n(-c2cccc(Cl)c2)n1. The minimum absolute atomic E-state index is 0.128. The van der Waals surface area contributed by atoms with Crippen LogP contribution in [-0.4, -0.2) is 20.8 Å². The van der Waals surface area contributed by atoms with Gasteiger partial charge in [0.2, 0.25) is 0 Å². The van der Waals surface area contributed by atoms with Crippen LogP contribution >= 0.6 is 11.6 Å². The number of aromatic nitrogens is 3. The van der Waals surface area contributed by atoms with Crippen molar-refractivity contribution in [3.05, 3.63) is 83.4 Å². The van der Waals surface area contributed by atoms with Gasteiger partial charge >= 0.3 is 6.03 Å². The minimum Gasteiger partial charge on any atom is -0.332 e. The molecule has 2 aromatic carbocycles. The number of carbonyl (C=O) groups excluding carboxylic acids is 1. The average Bonchev–Trinajstić information content (AvgIpc) is 3.17. The number of benzene rings is 2. The van der Waals surface area contributed by atoms with E-state index >= 15 is 0 Å². The number of fused-ring (bicyclic) bond motifs is 1. The highest BCUT2D eigenvalue weighted by atomic mass is 35.5. The van der Waals surface area contributed by atoms with Crippen molar-refractivity contribution in [1.82, 2.24) is 20.1 Å². The minimum atomic E-state index is -0.299. The highest BCUT2D eigenvalue weighted by Gasteiger charge is 2.21. The number of pyridine rings is 1. The first-order chi connectivity index (χ1) is 14.8. The number of nitrogens with zero attached hydrogens (tertiary/aromatic N) is 3. The summed E-state index contributed by atoms with van der Waals surface area (Å²) < 4.78 is 1.83. The van der Waals surface area contributed by atoms with Gasteiger partial charge in [-0.05, 0) is 41.8 Å². The maximum absolute atomic E-state index is 12.6. The van der Waals surface area contributed by atoms with Crippen LogP contribution in [0.1, 0.15) is 32.2 Å². The Morgan fingerprint density at radius 2 is 1.90 bits per heavy atom. The molecule has 4 aromatic rings. The van der Waals surface area contributed by atoms with E-state index in [2.05, 4.69) is 36.4 Å². The van der Waals surface area contributed by atoms with Crippen LogP contribution in [0.3, 0.4) is 0 Å². The summed E-state index contributed by atoms with van der Waals surface area (Å²) in [7, 11) is 0. The molecule has 0 unspecified atom stereocenters. The Kier molecular flexibility index (Phi) is 5.65. The molecule has 0 saturated carbocycles. The molecule has 6 nitrogen and oxygen atoms in total. The van der Waals surface area contributed by atoms with E-state index in [0.717, 1.165) is 27.8 Å². The van der Waals surface area contributed by atoms with Crippen LogP contribution < -0.4 is 10.6 Å². The highest BCUT2D eigenvalue weighted by Crippen LogP contribution is 2.25. The summed E-state index contributed by atoms with van der Waals surface area (Å²) >= 11 is 6.18. The number of halogens is 1. The van der Waals surface area contributed by atoms with Crippen LogP contribution in [0.5, 0.6) is 0 Å². The monoisotopic (exact) mass is 433 g/mol. The topological polar surface area (TPSA) is 71.8 Å². The van der Waals surface area contributed by atoms with Gasteiger partial charge in [-0.2, -0.15) is 5.10 Å². The number of hydrogen-bond acceptors (Lipinski definition) is 3. The van der Waals surface area contributed by atoms with E-state index in [1.807, 2.05) is 59.3 Å². The molecule has 0 aliphatic heterocycles. The molecule has 0 aliphatic rings. The Hall–Kier alpha value is -3.38. The Labute approximate surface area is 186 Å². The molecule has 0 spiro atoms. The van der Waals surface area contributed by atoms with Gasteiger partial charge in [-0.1, -0.05) is 50.6 Å². The largest absolute Gasteiger partial charge is 0.332 e. The maximum Gasteiger partial charge on any atom is 0.319 e. The molecule has 2 heterocycles. The van der Waals surface area contributed by atoms with Crippen molar-refractivity contribution in [3.8, 4) is 5.69 Å². The molecule has 0 atom stereocenters. The predicted molar refractivity (Wildman–Crippen MR) is 125 cm³/mol. The molecule has 2 aromatic heterocycles. The fraction of sp³-hybridized carbons (Fsp3) is 0.208. The van der Waals surface area contributed by atoms with Gasteiger partial charge in [0.05, 0.1) is 29.3 Å². The molecule has 0 radical (unpaired) electrons. The summed E-state index contributed by atoms with van der Waals surface area (Å²) in [5.74, 6) is 0.